The standard InChI is InChI=1S/C18H15Cl2FN2O2S2/c19-12-5-13(20)7-15(6-12)23-17-10-27(24,25)9-16(17)22-18(23)26-8-11-2-1-3-14(21)4-11/h1-7,16-17H,8-10H2/t16-,17-/m0/s1. The number of nitrogens with zero attached hydrogens (tertiary/aromatic N) is 2. The first-order valence-corrected chi connectivity index (χ1v) is 11.8. The summed E-state index contributed by atoms with van der Waals surface area (Å²) in [5, 5.41) is 1.63. The van der Waals surface area contributed by atoms with Crippen LogP contribution >= 0.6 is 35.0 Å². The van der Waals surface area contributed by atoms with Crippen LogP contribution < -0.4 is 4.90 Å². The maximum atomic E-state index is 13.4. The fraction of sp³-hybridized carbons (Fsp3) is 0.278. The normalized spacial score (nSPS) is 23.4. The van der Waals surface area contributed by atoms with Crippen LogP contribution in [0.3, 0.4) is 0 Å². The molecule has 9 heteroatoms. The molecule has 0 aliphatic carbocycles. The van der Waals surface area contributed by atoms with E-state index >= 15 is 0 Å². The van der Waals surface area contributed by atoms with E-state index in [1.54, 1.807) is 24.3 Å². The van der Waals surface area contributed by atoms with Crippen molar-refractivity contribution in [1.82, 2.24) is 0 Å². The molecule has 0 unspecified atom stereocenters. The van der Waals surface area contributed by atoms with Crippen molar-refractivity contribution in [2.45, 2.75) is 17.8 Å². The number of rotatable bonds is 3. The van der Waals surface area contributed by atoms with Crippen molar-refractivity contribution < 1.29 is 12.8 Å². The zero-order chi connectivity index (χ0) is 19.2. The molecule has 0 bridgehead atoms. The second-order valence-corrected chi connectivity index (χ2v) is 10.5. The summed E-state index contributed by atoms with van der Waals surface area (Å²) in [6, 6.07) is 10.9. The lowest BCUT2D eigenvalue weighted by Crippen LogP contribution is -2.39. The molecule has 0 spiro atoms. The highest BCUT2D eigenvalue weighted by molar-refractivity contribution is 8.13. The molecule has 2 aliphatic rings. The van der Waals surface area contributed by atoms with E-state index in [9.17, 15) is 12.8 Å². The van der Waals surface area contributed by atoms with Crippen molar-refractivity contribution >= 4 is 55.7 Å². The Morgan fingerprint density at radius 1 is 1.15 bits per heavy atom. The van der Waals surface area contributed by atoms with Crippen LogP contribution in [0.25, 0.3) is 0 Å². The van der Waals surface area contributed by atoms with Gasteiger partial charge >= 0.3 is 0 Å². The third kappa shape index (κ3) is 4.11. The molecule has 2 atom stereocenters. The van der Waals surface area contributed by atoms with Crippen molar-refractivity contribution in [1.29, 1.82) is 0 Å². The molecule has 1 saturated heterocycles. The van der Waals surface area contributed by atoms with Crippen LogP contribution in [-0.4, -0.2) is 37.2 Å². The van der Waals surface area contributed by atoms with Gasteiger partial charge in [0.2, 0.25) is 0 Å². The van der Waals surface area contributed by atoms with Gasteiger partial charge in [-0.2, -0.15) is 0 Å². The van der Waals surface area contributed by atoms with Crippen LogP contribution in [0, 0.1) is 5.82 Å². The molecule has 0 saturated carbocycles. The van der Waals surface area contributed by atoms with E-state index in [1.165, 1.54) is 23.9 Å². The lowest BCUT2D eigenvalue weighted by Gasteiger charge is -2.27. The smallest absolute Gasteiger partial charge is 0.164 e. The Kier molecular flexibility index (Phi) is 5.14. The van der Waals surface area contributed by atoms with Gasteiger partial charge in [0, 0.05) is 21.5 Å². The summed E-state index contributed by atoms with van der Waals surface area (Å²) >= 11 is 13.7. The van der Waals surface area contributed by atoms with Crippen LogP contribution in [0.15, 0.2) is 47.5 Å². The number of thioether (sulfide) groups is 1. The summed E-state index contributed by atoms with van der Waals surface area (Å²) in [5.74, 6) is 0.304. The molecule has 1 fully saturated rings. The molecule has 4 rings (SSSR count). The largest absolute Gasteiger partial charge is 0.315 e. The molecular weight excluding hydrogens is 430 g/mol. The van der Waals surface area contributed by atoms with Crippen molar-refractivity contribution in [3.8, 4) is 0 Å². The minimum atomic E-state index is -3.14. The predicted octanol–water partition coefficient (Wildman–Crippen LogP) is 4.41. The van der Waals surface area contributed by atoms with Crippen molar-refractivity contribution in [2.24, 2.45) is 4.99 Å². The average Bonchev–Trinajstić information content (AvgIpc) is 3.03. The van der Waals surface area contributed by atoms with Gasteiger partial charge in [-0.1, -0.05) is 47.1 Å². The number of hydrogen-bond donors (Lipinski definition) is 0. The Balaban J connectivity index is 1.65. The van der Waals surface area contributed by atoms with Crippen LogP contribution in [0.5, 0.6) is 0 Å². The quantitative estimate of drug-likeness (QED) is 0.703. The van der Waals surface area contributed by atoms with Gasteiger partial charge in [0.15, 0.2) is 15.0 Å². The first-order valence-electron chi connectivity index (χ1n) is 8.21. The summed E-state index contributed by atoms with van der Waals surface area (Å²) in [4.78, 5) is 6.55. The number of halogens is 3. The molecule has 0 aromatic heterocycles. The SMILES string of the molecule is O=S1(=O)C[C@@H]2N=C(SCc3cccc(F)c3)N(c3cc(Cl)cc(Cl)c3)[C@H]2C1. The molecular formula is C18H15Cl2FN2O2S2. The molecule has 2 heterocycles. The lowest BCUT2D eigenvalue weighted by molar-refractivity contribution is 0.601. The van der Waals surface area contributed by atoms with Crippen molar-refractivity contribution in [3.63, 3.8) is 0 Å². The third-order valence-corrected chi connectivity index (χ3v) is 7.66. The van der Waals surface area contributed by atoms with Gasteiger partial charge in [0.25, 0.3) is 0 Å². The summed E-state index contributed by atoms with van der Waals surface area (Å²) in [5.41, 5.74) is 1.54. The minimum absolute atomic E-state index is 0.0342. The zero-order valence-electron chi connectivity index (χ0n) is 14.0. The molecule has 27 heavy (non-hydrogen) atoms. The third-order valence-electron chi connectivity index (χ3n) is 4.49. The monoisotopic (exact) mass is 444 g/mol. The number of aliphatic imine (C=N–C) groups is 1. The first kappa shape index (κ1) is 19.1. The second-order valence-electron chi connectivity index (χ2n) is 6.54. The zero-order valence-corrected chi connectivity index (χ0v) is 17.1. The average molecular weight is 445 g/mol. The molecule has 0 N–H and O–H groups in total. The summed E-state index contributed by atoms with van der Waals surface area (Å²) in [7, 11) is -3.14. The number of fused-ring (bicyclic) bond motifs is 1. The fourth-order valence-corrected chi connectivity index (χ4v) is 6.81. The molecule has 2 aromatic carbocycles. The van der Waals surface area contributed by atoms with E-state index < -0.39 is 9.84 Å². The summed E-state index contributed by atoms with van der Waals surface area (Å²) < 4.78 is 37.6. The second kappa shape index (κ2) is 7.28. The molecule has 4 nitrogen and oxygen atoms in total. The maximum Gasteiger partial charge on any atom is 0.164 e. The van der Waals surface area contributed by atoms with Gasteiger partial charge in [0.1, 0.15) is 5.82 Å². The first-order chi connectivity index (χ1) is 12.8. The number of benzene rings is 2. The van der Waals surface area contributed by atoms with Crippen molar-refractivity contribution in [2.75, 3.05) is 16.4 Å². The highest BCUT2D eigenvalue weighted by Gasteiger charge is 2.47. The van der Waals surface area contributed by atoms with E-state index in [4.69, 9.17) is 23.2 Å². The summed E-state index contributed by atoms with van der Waals surface area (Å²) in [6.07, 6.45) is 0. The van der Waals surface area contributed by atoms with E-state index in [0.717, 1.165) is 5.56 Å². The van der Waals surface area contributed by atoms with Gasteiger partial charge in [-0.15, -0.1) is 0 Å². The van der Waals surface area contributed by atoms with E-state index in [2.05, 4.69) is 4.99 Å². The Morgan fingerprint density at radius 2 is 1.89 bits per heavy atom. The molecule has 2 aliphatic heterocycles. The Bertz CT molecular complexity index is 1010. The Labute approximate surface area is 171 Å². The Morgan fingerprint density at radius 3 is 2.59 bits per heavy atom. The minimum Gasteiger partial charge on any atom is -0.315 e. The molecule has 142 valence electrons. The van der Waals surface area contributed by atoms with E-state index in [1.807, 2.05) is 11.0 Å². The molecule has 2 aromatic rings. The predicted molar refractivity (Wildman–Crippen MR) is 110 cm³/mol. The van der Waals surface area contributed by atoms with Crippen LogP contribution in [-0.2, 0) is 15.6 Å². The van der Waals surface area contributed by atoms with Crippen LogP contribution in [0.2, 0.25) is 10.0 Å². The van der Waals surface area contributed by atoms with Gasteiger partial charge in [-0.25, -0.2) is 12.8 Å². The highest BCUT2D eigenvalue weighted by atomic mass is 35.5. The van der Waals surface area contributed by atoms with Gasteiger partial charge in [-0.3, -0.25) is 4.99 Å². The number of amidine groups is 1. The molecule has 0 amide bonds. The Hall–Kier alpha value is -1.28. The van der Waals surface area contributed by atoms with E-state index in [-0.39, 0.29) is 29.4 Å². The van der Waals surface area contributed by atoms with Crippen LogP contribution in [0.1, 0.15) is 5.56 Å². The fourth-order valence-electron chi connectivity index (χ4n) is 3.39. The summed E-state index contributed by atoms with van der Waals surface area (Å²) in [6.45, 7) is 0. The number of anilines is 1. The number of sulfone groups is 1. The number of hydrogen-bond acceptors (Lipinski definition) is 5. The van der Waals surface area contributed by atoms with Gasteiger partial charge in [0.05, 0.1) is 23.6 Å². The lowest BCUT2D eigenvalue weighted by atomic mass is 10.1. The van der Waals surface area contributed by atoms with Gasteiger partial charge < -0.3 is 4.90 Å². The van der Waals surface area contributed by atoms with Crippen LogP contribution in [0.4, 0.5) is 10.1 Å². The highest BCUT2D eigenvalue weighted by Crippen LogP contribution is 2.37. The van der Waals surface area contributed by atoms with Crippen molar-refractivity contribution in [3.05, 3.63) is 63.9 Å². The topological polar surface area (TPSA) is 49.7 Å². The van der Waals surface area contributed by atoms with Gasteiger partial charge in [-0.05, 0) is 35.9 Å². The molecule has 0 radical (unpaired) electrons. The van der Waals surface area contributed by atoms with E-state index in [0.29, 0.717) is 26.7 Å². The maximum absolute atomic E-state index is 13.4.